The molecule has 2 rings (SSSR count). The number of benzene rings is 1. The molecular formula is C15H18ClFN2O. The third-order valence-electron chi connectivity index (χ3n) is 3.43. The summed E-state index contributed by atoms with van der Waals surface area (Å²) in [6, 6.07) is 6.33. The Morgan fingerprint density at radius 3 is 2.85 bits per heavy atom. The number of rotatable bonds is 5. The fourth-order valence-corrected chi connectivity index (χ4v) is 2.18. The zero-order valence-electron chi connectivity index (χ0n) is 11.6. The normalized spacial score (nSPS) is 14.2. The Bertz CT molecular complexity index is 585. The van der Waals surface area contributed by atoms with Gasteiger partial charge < -0.3 is 5.11 Å². The van der Waals surface area contributed by atoms with Crippen LogP contribution in [-0.4, -0.2) is 14.9 Å². The topological polar surface area (TPSA) is 38.0 Å². The van der Waals surface area contributed by atoms with Gasteiger partial charge in [0.2, 0.25) is 0 Å². The van der Waals surface area contributed by atoms with Crippen LogP contribution in [0.15, 0.2) is 30.5 Å². The SMILES string of the molecule is CCC(C)n1ccc(CC(O)c2cc(Cl)ccc2F)n1. The van der Waals surface area contributed by atoms with Crippen LogP contribution in [0.4, 0.5) is 4.39 Å². The molecule has 1 heterocycles. The predicted molar refractivity (Wildman–Crippen MR) is 77.3 cm³/mol. The lowest BCUT2D eigenvalue weighted by molar-refractivity contribution is 0.172. The number of hydrogen-bond donors (Lipinski definition) is 1. The van der Waals surface area contributed by atoms with Crippen LogP contribution in [0, 0.1) is 5.82 Å². The van der Waals surface area contributed by atoms with Gasteiger partial charge in [-0.25, -0.2) is 4.39 Å². The second kappa shape index (κ2) is 6.37. The van der Waals surface area contributed by atoms with E-state index in [1.165, 1.54) is 18.2 Å². The van der Waals surface area contributed by atoms with Crippen LogP contribution in [-0.2, 0) is 6.42 Å². The molecule has 1 aromatic heterocycles. The fraction of sp³-hybridized carbons (Fsp3) is 0.400. The van der Waals surface area contributed by atoms with Crippen molar-refractivity contribution in [3.05, 3.63) is 52.6 Å². The molecular weight excluding hydrogens is 279 g/mol. The van der Waals surface area contributed by atoms with Crippen molar-refractivity contribution >= 4 is 11.6 Å². The molecule has 0 bridgehead atoms. The summed E-state index contributed by atoms with van der Waals surface area (Å²) in [6.07, 6.45) is 2.17. The fourth-order valence-electron chi connectivity index (χ4n) is 2.00. The molecule has 0 amide bonds. The van der Waals surface area contributed by atoms with Gasteiger partial charge in [0, 0.05) is 29.2 Å². The summed E-state index contributed by atoms with van der Waals surface area (Å²) in [5.41, 5.74) is 0.938. The number of halogens is 2. The monoisotopic (exact) mass is 296 g/mol. The van der Waals surface area contributed by atoms with Gasteiger partial charge in [0.1, 0.15) is 5.82 Å². The summed E-state index contributed by atoms with van der Waals surface area (Å²) in [4.78, 5) is 0. The number of aliphatic hydroxyl groups excluding tert-OH is 1. The maximum absolute atomic E-state index is 13.7. The second-order valence-corrected chi connectivity index (χ2v) is 5.37. The highest BCUT2D eigenvalue weighted by Crippen LogP contribution is 2.24. The van der Waals surface area contributed by atoms with Crippen molar-refractivity contribution in [2.24, 2.45) is 0 Å². The molecule has 0 aliphatic heterocycles. The average Bonchev–Trinajstić information content (AvgIpc) is 2.89. The maximum Gasteiger partial charge on any atom is 0.129 e. The minimum absolute atomic E-state index is 0.204. The minimum Gasteiger partial charge on any atom is -0.388 e. The van der Waals surface area contributed by atoms with Gasteiger partial charge in [-0.1, -0.05) is 18.5 Å². The molecule has 0 fully saturated rings. The van der Waals surface area contributed by atoms with Crippen molar-refractivity contribution in [1.29, 1.82) is 0 Å². The van der Waals surface area contributed by atoms with Gasteiger partial charge in [-0.05, 0) is 37.6 Å². The maximum atomic E-state index is 13.7. The Morgan fingerprint density at radius 2 is 2.15 bits per heavy atom. The molecule has 5 heteroatoms. The highest BCUT2D eigenvalue weighted by atomic mass is 35.5. The Morgan fingerprint density at radius 1 is 1.40 bits per heavy atom. The van der Waals surface area contributed by atoms with Gasteiger partial charge in [-0.3, -0.25) is 4.68 Å². The lowest BCUT2D eigenvalue weighted by Crippen LogP contribution is -2.08. The van der Waals surface area contributed by atoms with Crippen LogP contribution in [0.2, 0.25) is 5.02 Å². The zero-order valence-corrected chi connectivity index (χ0v) is 12.3. The summed E-state index contributed by atoms with van der Waals surface area (Å²) in [5.74, 6) is -0.455. The van der Waals surface area contributed by atoms with E-state index in [1.54, 1.807) is 0 Å². The first-order valence-corrected chi connectivity index (χ1v) is 7.06. The summed E-state index contributed by atoms with van der Waals surface area (Å²) in [7, 11) is 0. The van der Waals surface area contributed by atoms with Gasteiger partial charge in [-0.15, -0.1) is 0 Å². The smallest absolute Gasteiger partial charge is 0.129 e. The van der Waals surface area contributed by atoms with E-state index < -0.39 is 11.9 Å². The van der Waals surface area contributed by atoms with Crippen LogP contribution >= 0.6 is 11.6 Å². The van der Waals surface area contributed by atoms with E-state index in [0.29, 0.717) is 11.1 Å². The second-order valence-electron chi connectivity index (χ2n) is 4.93. The van der Waals surface area contributed by atoms with Crippen LogP contribution < -0.4 is 0 Å². The Balaban J connectivity index is 2.13. The van der Waals surface area contributed by atoms with E-state index in [4.69, 9.17) is 11.6 Å². The van der Waals surface area contributed by atoms with E-state index in [-0.39, 0.29) is 12.0 Å². The van der Waals surface area contributed by atoms with E-state index in [0.717, 1.165) is 12.1 Å². The molecule has 3 nitrogen and oxygen atoms in total. The Kier molecular flexibility index (Phi) is 4.78. The number of hydrogen-bond acceptors (Lipinski definition) is 2. The largest absolute Gasteiger partial charge is 0.388 e. The van der Waals surface area contributed by atoms with E-state index >= 15 is 0 Å². The summed E-state index contributed by atoms with van der Waals surface area (Å²) in [5, 5.41) is 14.9. The predicted octanol–water partition coefficient (Wildman–Crippen LogP) is 3.92. The summed E-state index contributed by atoms with van der Waals surface area (Å²) in [6.45, 7) is 4.16. The van der Waals surface area contributed by atoms with Crippen LogP contribution in [0.3, 0.4) is 0 Å². The molecule has 0 spiro atoms. The molecule has 2 atom stereocenters. The lowest BCUT2D eigenvalue weighted by Gasteiger charge is -2.11. The number of aliphatic hydroxyl groups is 1. The van der Waals surface area contributed by atoms with Gasteiger partial charge >= 0.3 is 0 Å². The molecule has 108 valence electrons. The highest BCUT2D eigenvalue weighted by Gasteiger charge is 2.16. The molecule has 2 aromatic rings. The summed E-state index contributed by atoms with van der Waals surface area (Å²) >= 11 is 5.83. The van der Waals surface area contributed by atoms with E-state index in [2.05, 4.69) is 18.9 Å². The van der Waals surface area contributed by atoms with Crippen LogP contribution in [0.1, 0.15) is 43.7 Å². The van der Waals surface area contributed by atoms with Crippen molar-refractivity contribution < 1.29 is 9.50 Å². The standard InChI is InChI=1S/C15H18ClFN2O/c1-3-10(2)19-7-6-12(18-19)9-15(20)13-8-11(16)4-5-14(13)17/h4-8,10,15,20H,3,9H2,1-2H3. The van der Waals surface area contributed by atoms with Crippen molar-refractivity contribution in [3.8, 4) is 0 Å². The van der Waals surface area contributed by atoms with Gasteiger partial charge in [-0.2, -0.15) is 5.10 Å². The first kappa shape index (κ1) is 15.0. The van der Waals surface area contributed by atoms with Crippen molar-refractivity contribution in [1.82, 2.24) is 9.78 Å². The minimum atomic E-state index is -0.950. The number of aromatic nitrogens is 2. The van der Waals surface area contributed by atoms with Crippen molar-refractivity contribution in [3.63, 3.8) is 0 Å². The number of nitrogens with zero attached hydrogens (tertiary/aromatic N) is 2. The zero-order chi connectivity index (χ0) is 14.7. The molecule has 0 aliphatic rings. The summed E-state index contributed by atoms with van der Waals surface area (Å²) < 4.78 is 15.5. The Labute approximate surface area is 123 Å². The first-order chi connectivity index (χ1) is 9.51. The van der Waals surface area contributed by atoms with Gasteiger partial charge in [0.15, 0.2) is 0 Å². The van der Waals surface area contributed by atoms with Gasteiger partial charge in [0.05, 0.1) is 11.8 Å². The molecule has 20 heavy (non-hydrogen) atoms. The first-order valence-electron chi connectivity index (χ1n) is 6.68. The average molecular weight is 297 g/mol. The molecule has 2 unspecified atom stereocenters. The van der Waals surface area contributed by atoms with E-state index in [9.17, 15) is 9.50 Å². The lowest BCUT2D eigenvalue weighted by atomic mass is 10.0. The van der Waals surface area contributed by atoms with Gasteiger partial charge in [0.25, 0.3) is 0 Å². The molecule has 0 saturated heterocycles. The quantitative estimate of drug-likeness (QED) is 0.908. The van der Waals surface area contributed by atoms with Crippen molar-refractivity contribution in [2.45, 2.75) is 38.8 Å². The molecule has 0 radical (unpaired) electrons. The molecule has 0 saturated carbocycles. The molecule has 1 N–H and O–H groups in total. The van der Waals surface area contributed by atoms with Crippen LogP contribution in [0.5, 0.6) is 0 Å². The molecule has 0 aliphatic carbocycles. The molecule has 1 aromatic carbocycles. The third-order valence-corrected chi connectivity index (χ3v) is 3.66. The third kappa shape index (κ3) is 3.38. The van der Waals surface area contributed by atoms with Crippen LogP contribution in [0.25, 0.3) is 0 Å². The highest BCUT2D eigenvalue weighted by molar-refractivity contribution is 6.30. The van der Waals surface area contributed by atoms with Crippen molar-refractivity contribution in [2.75, 3.05) is 0 Å². The van der Waals surface area contributed by atoms with E-state index in [1.807, 2.05) is 16.9 Å². The Hall–Kier alpha value is -1.39.